The van der Waals surface area contributed by atoms with Crippen LogP contribution in [-0.2, 0) is 27.0 Å². The minimum absolute atomic E-state index is 0.0513. The van der Waals surface area contributed by atoms with Crippen LogP contribution in [0.3, 0.4) is 0 Å². The van der Waals surface area contributed by atoms with Gasteiger partial charge in [-0.15, -0.1) is 0 Å². The predicted molar refractivity (Wildman–Crippen MR) is 107 cm³/mol. The zero-order valence-corrected chi connectivity index (χ0v) is 17.3. The number of alkyl halides is 3. The van der Waals surface area contributed by atoms with Gasteiger partial charge in [0, 0.05) is 18.5 Å². The summed E-state index contributed by atoms with van der Waals surface area (Å²) < 4.78 is 45.3. The standard InChI is InChI=1S/C21H27F3N2O4/c1-4-18(30-3)17(7-6-8-20(28)29)16-10-9-15(21(22,23)24)11-14(16)12-26(5-2)13-19(25)27/h4,7,9-11H,5-6,8,12-13H2,1-3H3,(H2,25,27)(H,28,29)/b17-7-,18-4+. The second-order valence-corrected chi connectivity index (χ2v) is 6.55. The van der Waals surface area contributed by atoms with E-state index in [1.807, 2.05) is 0 Å². The van der Waals surface area contributed by atoms with Crippen molar-refractivity contribution >= 4 is 17.4 Å². The van der Waals surface area contributed by atoms with Crippen molar-refractivity contribution in [1.29, 1.82) is 0 Å². The van der Waals surface area contributed by atoms with Crippen LogP contribution >= 0.6 is 0 Å². The molecule has 0 radical (unpaired) electrons. The Labute approximate surface area is 173 Å². The van der Waals surface area contributed by atoms with Gasteiger partial charge in [0.2, 0.25) is 5.91 Å². The summed E-state index contributed by atoms with van der Waals surface area (Å²) in [6.45, 7) is 3.82. The summed E-state index contributed by atoms with van der Waals surface area (Å²) in [5.41, 5.74) is 5.70. The molecule has 0 spiro atoms. The molecule has 3 N–H and O–H groups in total. The number of carboxylic acids is 1. The molecule has 1 amide bonds. The van der Waals surface area contributed by atoms with E-state index >= 15 is 0 Å². The highest BCUT2D eigenvalue weighted by Gasteiger charge is 2.31. The molecule has 0 atom stereocenters. The third kappa shape index (κ3) is 7.55. The molecule has 0 unspecified atom stereocenters. The highest BCUT2D eigenvalue weighted by atomic mass is 19.4. The first-order chi connectivity index (χ1) is 14.0. The van der Waals surface area contributed by atoms with Crippen LogP contribution in [0, 0.1) is 0 Å². The number of nitrogens with two attached hydrogens (primary N) is 1. The van der Waals surface area contributed by atoms with Crippen molar-refractivity contribution in [3.63, 3.8) is 0 Å². The average Bonchev–Trinajstić information content (AvgIpc) is 2.65. The number of carbonyl (C=O) groups excluding carboxylic acids is 1. The molecule has 0 aliphatic rings. The van der Waals surface area contributed by atoms with E-state index in [9.17, 15) is 22.8 Å². The highest BCUT2D eigenvalue weighted by molar-refractivity contribution is 5.80. The lowest BCUT2D eigenvalue weighted by Crippen LogP contribution is -2.33. The van der Waals surface area contributed by atoms with Gasteiger partial charge in [-0.1, -0.05) is 19.1 Å². The first kappa shape index (κ1) is 25.2. The maximum Gasteiger partial charge on any atom is 0.416 e. The van der Waals surface area contributed by atoms with E-state index in [4.69, 9.17) is 15.6 Å². The number of carbonyl (C=O) groups is 2. The number of hydrogen-bond donors (Lipinski definition) is 2. The molecule has 0 aliphatic carbocycles. The molecule has 1 rings (SSSR count). The van der Waals surface area contributed by atoms with Crippen LogP contribution in [0.5, 0.6) is 0 Å². The number of amides is 1. The quantitative estimate of drug-likeness (QED) is 0.413. The van der Waals surface area contributed by atoms with Crippen LogP contribution in [-0.4, -0.2) is 42.1 Å². The maximum atomic E-state index is 13.3. The third-order valence-electron chi connectivity index (χ3n) is 4.40. The molecule has 166 valence electrons. The van der Waals surface area contributed by atoms with Crippen molar-refractivity contribution < 1.29 is 32.6 Å². The lowest BCUT2D eigenvalue weighted by atomic mass is 9.94. The topological polar surface area (TPSA) is 92.9 Å². The molecule has 0 saturated carbocycles. The van der Waals surface area contributed by atoms with E-state index in [0.717, 1.165) is 12.1 Å². The van der Waals surface area contributed by atoms with Gasteiger partial charge in [0.25, 0.3) is 0 Å². The van der Waals surface area contributed by atoms with Gasteiger partial charge in [0.05, 0.1) is 19.2 Å². The largest absolute Gasteiger partial charge is 0.496 e. The van der Waals surface area contributed by atoms with Gasteiger partial charge in [-0.05, 0) is 49.2 Å². The number of carboxylic acid groups (broad SMARTS) is 1. The van der Waals surface area contributed by atoms with Gasteiger partial charge < -0.3 is 15.6 Å². The summed E-state index contributed by atoms with van der Waals surface area (Å²) in [4.78, 5) is 23.8. The lowest BCUT2D eigenvalue weighted by Gasteiger charge is -2.23. The number of allylic oxidation sites excluding steroid dienone is 3. The van der Waals surface area contributed by atoms with Gasteiger partial charge in [0.1, 0.15) is 5.76 Å². The van der Waals surface area contributed by atoms with E-state index in [2.05, 4.69) is 0 Å². The van der Waals surface area contributed by atoms with E-state index < -0.39 is 23.6 Å². The van der Waals surface area contributed by atoms with Crippen LogP contribution in [0.1, 0.15) is 43.4 Å². The zero-order valence-electron chi connectivity index (χ0n) is 17.3. The number of aliphatic carboxylic acids is 1. The van der Waals surface area contributed by atoms with Gasteiger partial charge in [0.15, 0.2) is 0 Å². The Morgan fingerprint density at radius 3 is 2.43 bits per heavy atom. The summed E-state index contributed by atoms with van der Waals surface area (Å²) in [6, 6.07) is 3.34. The summed E-state index contributed by atoms with van der Waals surface area (Å²) in [6.07, 6.45) is -1.22. The fourth-order valence-corrected chi connectivity index (χ4v) is 2.97. The van der Waals surface area contributed by atoms with E-state index in [0.29, 0.717) is 29.0 Å². The van der Waals surface area contributed by atoms with Crippen molar-refractivity contribution in [3.8, 4) is 0 Å². The van der Waals surface area contributed by atoms with Crippen molar-refractivity contribution in [2.24, 2.45) is 5.73 Å². The number of primary amides is 1. The van der Waals surface area contributed by atoms with Crippen LogP contribution in [0.4, 0.5) is 13.2 Å². The lowest BCUT2D eigenvalue weighted by molar-refractivity contribution is -0.138. The summed E-state index contributed by atoms with van der Waals surface area (Å²) in [7, 11) is 1.43. The molecule has 0 aromatic heterocycles. The maximum absolute atomic E-state index is 13.3. The van der Waals surface area contributed by atoms with Crippen LogP contribution < -0.4 is 5.73 Å². The van der Waals surface area contributed by atoms with Gasteiger partial charge >= 0.3 is 12.1 Å². The molecule has 1 aromatic rings. The second-order valence-electron chi connectivity index (χ2n) is 6.55. The predicted octanol–water partition coefficient (Wildman–Crippen LogP) is 3.81. The molecular weight excluding hydrogens is 401 g/mol. The summed E-state index contributed by atoms with van der Waals surface area (Å²) >= 11 is 0. The van der Waals surface area contributed by atoms with Gasteiger partial charge in [-0.3, -0.25) is 14.5 Å². The summed E-state index contributed by atoms with van der Waals surface area (Å²) in [5, 5.41) is 8.91. The number of halogens is 3. The van der Waals surface area contributed by atoms with E-state index in [1.165, 1.54) is 13.2 Å². The van der Waals surface area contributed by atoms with E-state index in [-0.39, 0.29) is 25.9 Å². The van der Waals surface area contributed by atoms with Crippen LogP contribution in [0.2, 0.25) is 0 Å². The molecule has 0 aliphatic heterocycles. The number of methoxy groups -OCH3 is 1. The molecule has 0 fully saturated rings. The van der Waals surface area contributed by atoms with Gasteiger partial charge in [-0.25, -0.2) is 0 Å². The number of nitrogens with zero attached hydrogens (tertiary/aromatic N) is 1. The number of likely N-dealkylation sites (N-methyl/N-ethyl adjacent to an activating group) is 1. The Kier molecular flexibility index (Phi) is 9.58. The number of benzene rings is 1. The minimum Gasteiger partial charge on any atom is -0.496 e. The van der Waals surface area contributed by atoms with Crippen molar-refractivity contribution in [1.82, 2.24) is 4.90 Å². The number of hydrogen-bond acceptors (Lipinski definition) is 4. The van der Waals surface area contributed by atoms with Crippen LogP contribution in [0.15, 0.2) is 36.1 Å². The highest BCUT2D eigenvalue weighted by Crippen LogP contribution is 2.35. The molecule has 30 heavy (non-hydrogen) atoms. The molecular formula is C21H27F3N2O4. The Bertz CT molecular complexity index is 817. The molecule has 0 heterocycles. The minimum atomic E-state index is -4.54. The smallest absolute Gasteiger partial charge is 0.416 e. The molecule has 0 saturated heterocycles. The molecule has 1 aromatic carbocycles. The van der Waals surface area contributed by atoms with Crippen LogP contribution in [0.25, 0.3) is 5.57 Å². The van der Waals surface area contributed by atoms with Crippen molar-refractivity contribution in [2.45, 2.75) is 39.4 Å². The van der Waals surface area contributed by atoms with Crippen molar-refractivity contribution in [2.75, 3.05) is 20.2 Å². The second kappa shape index (κ2) is 11.4. The third-order valence-corrected chi connectivity index (χ3v) is 4.40. The SMILES string of the molecule is C/C=C(OC)\C(=C/CCC(=O)O)c1ccc(C(F)(F)F)cc1CN(CC)CC(N)=O. The number of ether oxygens (including phenoxy) is 1. The van der Waals surface area contributed by atoms with Crippen molar-refractivity contribution in [3.05, 3.63) is 52.8 Å². The first-order valence-corrected chi connectivity index (χ1v) is 9.37. The van der Waals surface area contributed by atoms with E-state index in [1.54, 1.807) is 30.9 Å². The normalized spacial score (nSPS) is 12.9. The summed E-state index contributed by atoms with van der Waals surface area (Å²) in [5.74, 6) is -1.18. The Morgan fingerprint density at radius 1 is 1.30 bits per heavy atom. The Balaban J connectivity index is 3.57. The molecule has 9 heteroatoms. The Morgan fingerprint density at radius 2 is 1.97 bits per heavy atom. The first-order valence-electron chi connectivity index (χ1n) is 9.37. The molecule has 6 nitrogen and oxygen atoms in total. The fourth-order valence-electron chi connectivity index (χ4n) is 2.97. The molecule has 0 bridgehead atoms. The van der Waals surface area contributed by atoms with Gasteiger partial charge in [-0.2, -0.15) is 13.2 Å². The fraction of sp³-hybridized carbons (Fsp3) is 0.429. The monoisotopic (exact) mass is 428 g/mol. The Hall–Kier alpha value is -2.81. The average molecular weight is 428 g/mol. The zero-order chi connectivity index (χ0) is 22.9. The number of rotatable bonds is 11.